The van der Waals surface area contributed by atoms with Crippen molar-refractivity contribution in [2.75, 3.05) is 13.1 Å². The fourth-order valence-corrected chi connectivity index (χ4v) is 1.92. The van der Waals surface area contributed by atoms with Crippen molar-refractivity contribution in [1.82, 2.24) is 10.6 Å². The highest BCUT2D eigenvalue weighted by Gasteiger charge is 2.19. The van der Waals surface area contributed by atoms with Gasteiger partial charge < -0.3 is 10.6 Å². The van der Waals surface area contributed by atoms with Crippen LogP contribution in [0.25, 0.3) is 0 Å². The lowest BCUT2D eigenvalue weighted by Crippen LogP contribution is -2.30. The highest BCUT2D eigenvalue weighted by Crippen LogP contribution is 2.19. The zero-order valence-corrected chi connectivity index (χ0v) is 11.6. The molecule has 0 aliphatic heterocycles. The molecule has 0 heterocycles. The van der Waals surface area contributed by atoms with E-state index in [1.807, 2.05) is 0 Å². The van der Waals surface area contributed by atoms with Gasteiger partial charge in [0, 0.05) is 12.1 Å². The number of rotatable bonds is 9. The minimum atomic E-state index is 0.617. The molecule has 0 aromatic heterocycles. The highest BCUT2D eigenvalue weighted by atomic mass is 14.9. The Morgan fingerprint density at radius 2 is 1.75 bits per heavy atom. The molecule has 1 fully saturated rings. The average Bonchev–Trinajstić information content (AvgIpc) is 3.04. The van der Waals surface area contributed by atoms with E-state index in [2.05, 4.69) is 38.3 Å². The van der Waals surface area contributed by atoms with Crippen molar-refractivity contribution in [3.05, 3.63) is 0 Å². The molecule has 1 aliphatic carbocycles. The van der Waals surface area contributed by atoms with Crippen LogP contribution in [0.3, 0.4) is 0 Å². The normalized spacial score (nSPS) is 20.1. The first kappa shape index (κ1) is 14.0. The smallest absolute Gasteiger partial charge is 0.00682 e. The Balaban J connectivity index is 1.96. The van der Waals surface area contributed by atoms with Crippen LogP contribution in [0.5, 0.6) is 0 Å². The third-order valence-corrected chi connectivity index (χ3v) is 3.67. The molecule has 1 rings (SSSR count). The number of hydrogen-bond donors (Lipinski definition) is 2. The van der Waals surface area contributed by atoms with Gasteiger partial charge in [0.15, 0.2) is 0 Å². The lowest BCUT2D eigenvalue weighted by Gasteiger charge is -2.21. The van der Waals surface area contributed by atoms with Crippen LogP contribution in [0.4, 0.5) is 0 Å². The fourth-order valence-electron chi connectivity index (χ4n) is 1.92. The number of hydrogen-bond acceptors (Lipinski definition) is 2. The third kappa shape index (κ3) is 6.49. The summed E-state index contributed by atoms with van der Waals surface area (Å²) in [7, 11) is 0. The summed E-state index contributed by atoms with van der Waals surface area (Å²) >= 11 is 0. The predicted octanol–water partition coefficient (Wildman–Crippen LogP) is 2.79. The van der Waals surface area contributed by atoms with Crippen LogP contribution in [0.1, 0.15) is 53.4 Å². The molecule has 1 aliphatic rings. The van der Waals surface area contributed by atoms with E-state index in [4.69, 9.17) is 0 Å². The van der Waals surface area contributed by atoms with E-state index in [0.29, 0.717) is 6.04 Å². The fraction of sp³-hybridized carbons (Fsp3) is 1.00. The van der Waals surface area contributed by atoms with E-state index in [1.165, 1.54) is 32.2 Å². The summed E-state index contributed by atoms with van der Waals surface area (Å²) in [6.07, 6.45) is 5.51. The molecule has 0 aromatic carbocycles. The molecule has 2 nitrogen and oxygen atoms in total. The van der Waals surface area contributed by atoms with Crippen molar-refractivity contribution in [1.29, 1.82) is 0 Å². The van der Waals surface area contributed by atoms with Crippen LogP contribution in [-0.2, 0) is 0 Å². The first-order valence-corrected chi connectivity index (χ1v) is 7.06. The Labute approximate surface area is 102 Å². The summed E-state index contributed by atoms with van der Waals surface area (Å²) in [5, 5.41) is 7.11. The van der Waals surface area contributed by atoms with Gasteiger partial charge in [0.25, 0.3) is 0 Å². The minimum Gasteiger partial charge on any atom is -0.314 e. The maximum absolute atomic E-state index is 3.59. The molecule has 2 unspecified atom stereocenters. The highest BCUT2D eigenvalue weighted by molar-refractivity contribution is 4.80. The second kappa shape index (κ2) is 7.29. The Morgan fingerprint density at radius 3 is 2.31 bits per heavy atom. The molecule has 0 spiro atoms. The Morgan fingerprint density at radius 1 is 1.06 bits per heavy atom. The molecule has 0 bridgehead atoms. The lowest BCUT2D eigenvalue weighted by molar-refractivity contribution is 0.330. The standard InChI is InChI=1S/C14H30N2/c1-11(2)16-10-13(4)12(3)6-5-9-15-14-7-8-14/h11-16H,5-10H2,1-4H3. The lowest BCUT2D eigenvalue weighted by atomic mass is 9.91. The molecule has 0 saturated heterocycles. The van der Waals surface area contributed by atoms with Crippen LogP contribution >= 0.6 is 0 Å². The van der Waals surface area contributed by atoms with Crippen molar-refractivity contribution in [3.8, 4) is 0 Å². The Hall–Kier alpha value is -0.0800. The molecule has 0 aromatic rings. The third-order valence-electron chi connectivity index (χ3n) is 3.67. The van der Waals surface area contributed by atoms with Crippen LogP contribution in [-0.4, -0.2) is 25.2 Å². The molecule has 2 N–H and O–H groups in total. The van der Waals surface area contributed by atoms with Crippen LogP contribution in [0.2, 0.25) is 0 Å². The molecule has 0 radical (unpaired) electrons. The van der Waals surface area contributed by atoms with Gasteiger partial charge in [0.05, 0.1) is 0 Å². The maximum atomic E-state index is 3.59. The first-order valence-electron chi connectivity index (χ1n) is 7.06. The van der Waals surface area contributed by atoms with Crippen molar-refractivity contribution < 1.29 is 0 Å². The number of nitrogens with one attached hydrogen (secondary N) is 2. The van der Waals surface area contributed by atoms with Crippen molar-refractivity contribution >= 4 is 0 Å². The van der Waals surface area contributed by atoms with E-state index in [-0.39, 0.29) is 0 Å². The summed E-state index contributed by atoms with van der Waals surface area (Å²) in [5.74, 6) is 1.63. The van der Waals surface area contributed by atoms with E-state index < -0.39 is 0 Å². The van der Waals surface area contributed by atoms with Gasteiger partial charge in [-0.05, 0) is 50.6 Å². The zero-order chi connectivity index (χ0) is 12.0. The van der Waals surface area contributed by atoms with Gasteiger partial charge in [-0.2, -0.15) is 0 Å². The van der Waals surface area contributed by atoms with Gasteiger partial charge >= 0.3 is 0 Å². The molecular weight excluding hydrogens is 196 g/mol. The van der Waals surface area contributed by atoms with Crippen molar-refractivity contribution in [3.63, 3.8) is 0 Å². The maximum Gasteiger partial charge on any atom is 0.00682 e. The topological polar surface area (TPSA) is 24.1 Å². The largest absolute Gasteiger partial charge is 0.314 e. The molecule has 16 heavy (non-hydrogen) atoms. The van der Waals surface area contributed by atoms with Gasteiger partial charge in [-0.15, -0.1) is 0 Å². The second-order valence-corrected chi connectivity index (χ2v) is 5.89. The summed E-state index contributed by atoms with van der Waals surface area (Å²) in [6, 6.07) is 1.49. The SMILES string of the molecule is CC(C)NCC(C)C(C)CCCNC1CC1. The van der Waals surface area contributed by atoms with Gasteiger partial charge in [-0.1, -0.05) is 27.7 Å². The summed E-state index contributed by atoms with van der Waals surface area (Å²) in [5.41, 5.74) is 0. The predicted molar refractivity (Wildman–Crippen MR) is 71.7 cm³/mol. The Kier molecular flexibility index (Phi) is 6.37. The molecule has 2 atom stereocenters. The molecule has 1 saturated carbocycles. The molecular formula is C14H30N2. The van der Waals surface area contributed by atoms with Gasteiger partial charge in [0.2, 0.25) is 0 Å². The van der Waals surface area contributed by atoms with Crippen molar-refractivity contribution in [2.24, 2.45) is 11.8 Å². The summed E-state index contributed by atoms with van der Waals surface area (Å²) in [6.45, 7) is 11.6. The van der Waals surface area contributed by atoms with Crippen molar-refractivity contribution in [2.45, 2.75) is 65.5 Å². The first-order chi connectivity index (χ1) is 7.59. The van der Waals surface area contributed by atoms with Crippen LogP contribution in [0, 0.1) is 11.8 Å². The monoisotopic (exact) mass is 226 g/mol. The minimum absolute atomic E-state index is 0.617. The molecule has 96 valence electrons. The summed E-state index contributed by atoms with van der Waals surface area (Å²) in [4.78, 5) is 0. The average molecular weight is 226 g/mol. The summed E-state index contributed by atoms with van der Waals surface area (Å²) < 4.78 is 0. The van der Waals surface area contributed by atoms with Gasteiger partial charge in [0.1, 0.15) is 0 Å². The molecule has 0 amide bonds. The van der Waals surface area contributed by atoms with Crippen LogP contribution < -0.4 is 10.6 Å². The van der Waals surface area contributed by atoms with E-state index in [1.54, 1.807) is 0 Å². The van der Waals surface area contributed by atoms with E-state index >= 15 is 0 Å². The zero-order valence-electron chi connectivity index (χ0n) is 11.6. The van der Waals surface area contributed by atoms with E-state index in [9.17, 15) is 0 Å². The second-order valence-electron chi connectivity index (χ2n) is 5.89. The van der Waals surface area contributed by atoms with E-state index in [0.717, 1.165) is 24.4 Å². The van der Waals surface area contributed by atoms with Gasteiger partial charge in [-0.3, -0.25) is 0 Å². The quantitative estimate of drug-likeness (QED) is 0.591. The van der Waals surface area contributed by atoms with Crippen LogP contribution in [0.15, 0.2) is 0 Å². The molecule has 2 heteroatoms. The van der Waals surface area contributed by atoms with Gasteiger partial charge in [-0.25, -0.2) is 0 Å². The Bertz CT molecular complexity index is 176.